The molecule has 1 unspecified atom stereocenters. The fourth-order valence-corrected chi connectivity index (χ4v) is 1.92. The Labute approximate surface area is 108 Å². The number of rotatable bonds is 3. The summed E-state index contributed by atoms with van der Waals surface area (Å²) < 4.78 is 6.50. The summed E-state index contributed by atoms with van der Waals surface area (Å²) in [5.74, 6) is 0.577. The molecule has 0 radical (unpaired) electrons. The SMILES string of the molecule is CC(Oc1ccc(Br)cc1)C(=O)N1CC(O)C1. The highest BCUT2D eigenvalue weighted by Crippen LogP contribution is 2.18. The van der Waals surface area contributed by atoms with Crippen molar-refractivity contribution in [2.45, 2.75) is 19.1 Å². The average Bonchev–Trinajstić information content (AvgIpc) is 2.27. The lowest BCUT2D eigenvalue weighted by Gasteiger charge is -2.37. The number of benzene rings is 1. The van der Waals surface area contributed by atoms with Gasteiger partial charge in [-0.05, 0) is 31.2 Å². The zero-order chi connectivity index (χ0) is 12.4. The van der Waals surface area contributed by atoms with E-state index in [1.807, 2.05) is 12.1 Å². The van der Waals surface area contributed by atoms with Crippen LogP contribution in [0, 0.1) is 0 Å². The third-order valence-corrected chi connectivity index (χ3v) is 3.18. The van der Waals surface area contributed by atoms with Crippen LogP contribution in [0.1, 0.15) is 6.92 Å². The van der Waals surface area contributed by atoms with Gasteiger partial charge in [0, 0.05) is 17.6 Å². The maximum atomic E-state index is 11.8. The van der Waals surface area contributed by atoms with E-state index in [4.69, 9.17) is 9.84 Å². The molecule has 1 N–H and O–H groups in total. The van der Waals surface area contributed by atoms with Gasteiger partial charge in [0.15, 0.2) is 6.10 Å². The zero-order valence-corrected chi connectivity index (χ0v) is 11.1. The minimum atomic E-state index is -0.524. The number of likely N-dealkylation sites (tertiary alicyclic amines) is 1. The molecular weight excluding hydrogens is 286 g/mol. The van der Waals surface area contributed by atoms with Gasteiger partial charge in [-0.3, -0.25) is 4.79 Å². The minimum Gasteiger partial charge on any atom is -0.481 e. The van der Waals surface area contributed by atoms with Gasteiger partial charge in [-0.1, -0.05) is 15.9 Å². The molecule has 92 valence electrons. The highest BCUT2D eigenvalue weighted by molar-refractivity contribution is 9.10. The van der Waals surface area contributed by atoms with Gasteiger partial charge in [0.05, 0.1) is 6.10 Å². The number of aliphatic hydroxyl groups is 1. The van der Waals surface area contributed by atoms with Crippen molar-refractivity contribution in [2.75, 3.05) is 13.1 Å². The first-order valence-corrected chi connectivity index (χ1v) is 6.24. The van der Waals surface area contributed by atoms with Crippen molar-refractivity contribution >= 4 is 21.8 Å². The Morgan fingerprint density at radius 1 is 1.47 bits per heavy atom. The van der Waals surface area contributed by atoms with E-state index in [9.17, 15) is 4.79 Å². The summed E-state index contributed by atoms with van der Waals surface area (Å²) in [6, 6.07) is 7.33. The highest BCUT2D eigenvalue weighted by Gasteiger charge is 2.32. The number of ether oxygens (including phenoxy) is 1. The lowest BCUT2D eigenvalue weighted by molar-refractivity contribution is -0.148. The first-order chi connectivity index (χ1) is 8.06. The monoisotopic (exact) mass is 299 g/mol. The summed E-state index contributed by atoms with van der Waals surface area (Å²) in [6.07, 6.45) is -0.900. The van der Waals surface area contributed by atoms with E-state index in [-0.39, 0.29) is 12.0 Å². The van der Waals surface area contributed by atoms with Crippen LogP contribution in [0.5, 0.6) is 5.75 Å². The quantitative estimate of drug-likeness (QED) is 0.918. The molecule has 5 heteroatoms. The first kappa shape index (κ1) is 12.4. The smallest absolute Gasteiger partial charge is 0.263 e. The van der Waals surface area contributed by atoms with Crippen LogP contribution in [-0.4, -0.2) is 41.2 Å². The van der Waals surface area contributed by atoms with Gasteiger partial charge in [-0.2, -0.15) is 0 Å². The van der Waals surface area contributed by atoms with E-state index < -0.39 is 6.10 Å². The molecule has 1 atom stereocenters. The molecule has 0 bridgehead atoms. The summed E-state index contributed by atoms with van der Waals surface area (Å²) in [7, 11) is 0. The largest absolute Gasteiger partial charge is 0.481 e. The number of hydrogen-bond donors (Lipinski definition) is 1. The maximum absolute atomic E-state index is 11.8. The van der Waals surface area contributed by atoms with Gasteiger partial charge in [0.2, 0.25) is 0 Å². The van der Waals surface area contributed by atoms with Crippen molar-refractivity contribution < 1.29 is 14.6 Å². The predicted molar refractivity (Wildman–Crippen MR) is 66.8 cm³/mol. The van der Waals surface area contributed by atoms with Crippen LogP contribution in [0.15, 0.2) is 28.7 Å². The van der Waals surface area contributed by atoms with Crippen LogP contribution in [0.3, 0.4) is 0 Å². The fourth-order valence-electron chi connectivity index (χ4n) is 1.66. The number of hydrogen-bond acceptors (Lipinski definition) is 3. The summed E-state index contributed by atoms with van der Waals surface area (Å²) in [5, 5.41) is 9.13. The molecule has 1 heterocycles. The lowest BCUT2D eigenvalue weighted by atomic mass is 10.1. The molecule has 1 amide bonds. The molecular formula is C12H14BrNO3. The Morgan fingerprint density at radius 2 is 2.06 bits per heavy atom. The molecule has 1 aliphatic rings. The van der Waals surface area contributed by atoms with Crippen molar-refractivity contribution in [3.05, 3.63) is 28.7 Å². The molecule has 1 fully saturated rings. The maximum Gasteiger partial charge on any atom is 0.263 e. The summed E-state index contributed by atoms with van der Waals surface area (Å²) in [6.45, 7) is 2.54. The van der Waals surface area contributed by atoms with Gasteiger partial charge < -0.3 is 14.7 Å². The van der Waals surface area contributed by atoms with E-state index in [0.717, 1.165) is 4.47 Å². The van der Waals surface area contributed by atoms with E-state index in [1.54, 1.807) is 24.0 Å². The summed E-state index contributed by atoms with van der Waals surface area (Å²) in [4.78, 5) is 13.4. The number of amides is 1. The molecule has 0 aliphatic carbocycles. The summed E-state index contributed by atoms with van der Waals surface area (Å²) in [5.41, 5.74) is 0. The van der Waals surface area contributed by atoms with E-state index in [2.05, 4.69) is 15.9 Å². The number of carbonyl (C=O) groups excluding carboxylic acids is 1. The molecule has 1 aromatic carbocycles. The van der Waals surface area contributed by atoms with Gasteiger partial charge >= 0.3 is 0 Å². The topological polar surface area (TPSA) is 49.8 Å². The van der Waals surface area contributed by atoms with Crippen molar-refractivity contribution in [1.82, 2.24) is 4.90 Å². The van der Waals surface area contributed by atoms with Gasteiger partial charge in [-0.15, -0.1) is 0 Å². The predicted octanol–water partition coefficient (Wildman–Crippen LogP) is 1.42. The number of carbonyl (C=O) groups is 1. The van der Waals surface area contributed by atoms with Crippen LogP contribution < -0.4 is 4.74 Å². The van der Waals surface area contributed by atoms with E-state index in [1.165, 1.54) is 0 Å². The van der Waals surface area contributed by atoms with Crippen molar-refractivity contribution in [3.63, 3.8) is 0 Å². The molecule has 0 spiro atoms. The molecule has 0 aromatic heterocycles. The van der Waals surface area contributed by atoms with Gasteiger partial charge in [0.1, 0.15) is 5.75 Å². The molecule has 4 nitrogen and oxygen atoms in total. The third-order valence-electron chi connectivity index (χ3n) is 2.65. The number of β-amino-alcohol motifs (C(OH)–C–C–N with tert-alkyl or cyclic N) is 1. The van der Waals surface area contributed by atoms with Gasteiger partial charge in [0.25, 0.3) is 5.91 Å². The highest BCUT2D eigenvalue weighted by atomic mass is 79.9. The van der Waals surface area contributed by atoms with Crippen molar-refractivity contribution in [1.29, 1.82) is 0 Å². The first-order valence-electron chi connectivity index (χ1n) is 5.45. The van der Waals surface area contributed by atoms with Gasteiger partial charge in [-0.25, -0.2) is 0 Å². The Bertz CT molecular complexity index is 401. The van der Waals surface area contributed by atoms with Crippen LogP contribution >= 0.6 is 15.9 Å². The number of nitrogens with zero attached hydrogens (tertiary/aromatic N) is 1. The van der Waals surface area contributed by atoms with E-state index in [0.29, 0.717) is 18.8 Å². The van der Waals surface area contributed by atoms with Crippen LogP contribution in [0.4, 0.5) is 0 Å². The molecule has 2 rings (SSSR count). The van der Waals surface area contributed by atoms with E-state index >= 15 is 0 Å². The molecule has 0 saturated carbocycles. The number of aliphatic hydroxyl groups excluding tert-OH is 1. The zero-order valence-electron chi connectivity index (χ0n) is 9.47. The Hall–Kier alpha value is -1.07. The van der Waals surface area contributed by atoms with Crippen LogP contribution in [0.25, 0.3) is 0 Å². The standard InChI is InChI=1S/C12H14BrNO3/c1-8(12(16)14-6-10(15)7-14)17-11-4-2-9(13)3-5-11/h2-5,8,10,15H,6-7H2,1H3. The van der Waals surface area contributed by atoms with Crippen LogP contribution in [0.2, 0.25) is 0 Å². The third kappa shape index (κ3) is 2.98. The van der Waals surface area contributed by atoms with Crippen LogP contribution in [-0.2, 0) is 4.79 Å². The molecule has 1 saturated heterocycles. The molecule has 1 aromatic rings. The minimum absolute atomic E-state index is 0.0850. The fraction of sp³-hybridized carbons (Fsp3) is 0.417. The Balaban J connectivity index is 1.90. The Kier molecular flexibility index (Phi) is 3.69. The average molecular weight is 300 g/mol. The lowest BCUT2D eigenvalue weighted by Crippen LogP contribution is -2.56. The second-order valence-corrected chi connectivity index (χ2v) is 5.03. The molecule has 1 aliphatic heterocycles. The van der Waals surface area contributed by atoms with Crippen molar-refractivity contribution in [3.8, 4) is 5.75 Å². The normalized spacial score (nSPS) is 17.5. The number of halogens is 1. The van der Waals surface area contributed by atoms with Crippen molar-refractivity contribution in [2.24, 2.45) is 0 Å². The second kappa shape index (κ2) is 5.06. The summed E-state index contributed by atoms with van der Waals surface area (Å²) >= 11 is 3.33. The Morgan fingerprint density at radius 3 is 2.59 bits per heavy atom. The second-order valence-electron chi connectivity index (χ2n) is 4.11. The molecule has 17 heavy (non-hydrogen) atoms.